The van der Waals surface area contributed by atoms with Gasteiger partial charge in [-0.15, -0.1) is 0 Å². The van der Waals surface area contributed by atoms with Gasteiger partial charge in [-0.3, -0.25) is 0 Å². The molecule has 2 nitrogen and oxygen atoms in total. The van der Waals surface area contributed by atoms with Crippen LogP contribution in [0.15, 0.2) is 30.3 Å². The van der Waals surface area contributed by atoms with Crippen molar-refractivity contribution in [2.24, 2.45) is 0 Å². The number of rotatable bonds is 1. The van der Waals surface area contributed by atoms with Gasteiger partial charge in [0.05, 0.1) is 17.7 Å². The van der Waals surface area contributed by atoms with Crippen molar-refractivity contribution in [3.05, 3.63) is 41.5 Å². The molecule has 1 aromatic rings. The van der Waals surface area contributed by atoms with E-state index in [1.54, 1.807) is 24.3 Å². The molecule has 0 aliphatic carbocycles. The Labute approximate surface area is 71.0 Å². The van der Waals surface area contributed by atoms with E-state index in [1.165, 1.54) is 6.08 Å². The highest BCUT2D eigenvalue weighted by molar-refractivity contribution is 5.59. The summed E-state index contributed by atoms with van der Waals surface area (Å²) in [6.45, 7) is 0. The van der Waals surface area contributed by atoms with Crippen LogP contribution in [0, 0.1) is 22.7 Å². The summed E-state index contributed by atoms with van der Waals surface area (Å²) >= 11 is 0. The predicted octanol–water partition coefficient (Wildman–Crippen LogP) is 2.10. The van der Waals surface area contributed by atoms with Gasteiger partial charge in [-0.2, -0.15) is 10.5 Å². The second-order valence-corrected chi connectivity index (χ2v) is 2.16. The third kappa shape index (κ3) is 1.71. The van der Waals surface area contributed by atoms with Gasteiger partial charge < -0.3 is 0 Å². The summed E-state index contributed by atoms with van der Waals surface area (Å²) in [6.07, 6.45) is 2.98. The van der Waals surface area contributed by atoms with E-state index in [1.807, 2.05) is 18.2 Å². The molecule has 0 bridgehead atoms. The van der Waals surface area contributed by atoms with E-state index < -0.39 is 0 Å². The molecule has 0 fully saturated rings. The van der Waals surface area contributed by atoms with E-state index >= 15 is 0 Å². The Morgan fingerprint density at radius 2 is 1.92 bits per heavy atom. The Hall–Kier alpha value is -2.06. The Kier molecular flexibility index (Phi) is 2.65. The number of nitrogens with zero attached hydrogens (tertiary/aromatic N) is 2. The molecular weight excluding hydrogens is 148 g/mol. The third-order valence-corrected chi connectivity index (χ3v) is 1.42. The van der Waals surface area contributed by atoms with Crippen LogP contribution in [0.5, 0.6) is 0 Å². The summed E-state index contributed by atoms with van der Waals surface area (Å²) in [7, 11) is 0. The quantitative estimate of drug-likeness (QED) is 0.581. The lowest BCUT2D eigenvalue weighted by Crippen LogP contribution is -1.78. The zero-order valence-electron chi connectivity index (χ0n) is 6.36. The fraction of sp³-hybridized carbons (Fsp3) is 0. The minimum Gasteiger partial charge on any atom is -0.193 e. The van der Waals surface area contributed by atoms with Gasteiger partial charge in [0, 0.05) is 6.08 Å². The largest absolute Gasteiger partial charge is 0.193 e. The summed E-state index contributed by atoms with van der Waals surface area (Å²) in [4.78, 5) is 0. The molecule has 12 heavy (non-hydrogen) atoms. The molecule has 0 heterocycles. The van der Waals surface area contributed by atoms with Crippen LogP contribution in [0.25, 0.3) is 6.08 Å². The van der Waals surface area contributed by atoms with Crippen molar-refractivity contribution in [1.82, 2.24) is 0 Å². The van der Waals surface area contributed by atoms with Crippen LogP contribution >= 0.6 is 0 Å². The average molecular weight is 154 g/mol. The number of hydrogen-bond donors (Lipinski definition) is 0. The van der Waals surface area contributed by atoms with Crippen LogP contribution in [0.2, 0.25) is 0 Å². The summed E-state index contributed by atoms with van der Waals surface area (Å²) in [5.41, 5.74) is 1.37. The van der Waals surface area contributed by atoms with Crippen molar-refractivity contribution in [2.75, 3.05) is 0 Å². The van der Waals surface area contributed by atoms with E-state index in [9.17, 15) is 0 Å². The molecule has 0 atom stereocenters. The first-order valence-corrected chi connectivity index (χ1v) is 3.44. The van der Waals surface area contributed by atoms with E-state index in [-0.39, 0.29) is 0 Å². The highest BCUT2D eigenvalue weighted by Crippen LogP contribution is 2.08. The Balaban J connectivity index is 3.09. The number of allylic oxidation sites excluding steroid dienone is 1. The smallest absolute Gasteiger partial charge is 0.0997 e. The highest BCUT2D eigenvalue weighted by atomic mass is 14.2. The van der Waals surface area contributed by atoms with Crippen LogP contribution in [-0.4, -0.2) is 0 Å². The van der Waals surface area contributed by atoms with Gasteiger partial charge in [0.15, 0.2) is 0 Å². The van der Waals surface area contributed by atoms with Crippen LogP contribution in [0.1, 0.15) is 11.1 Å². The number of nitriles is 2. The van der Waals surface area contributed by atoms with Crippen LogP contribution < -0.4 is 0 Å². The molecule has 0 saturated carbocycles. The number of hydrogen-bond acceptors (Lipinski definition) is 2. The van der Waals surface area contributed by atoms with Gasteiger partial charge in [0.2, 0.25) is 0 Å². The van der Waals surface area contributed by atoms with Crippen molar-refractivity contribution in [1.29, 1.82) is 10.5 Å². The van der Waals surface area contributed by atoms with E-state index in [4.69, 9.17) is 10.5 Å². The van der Waals surface area contributed by atoms with Crippen molar-refractivity contribution in [3.8, 4) is 12.1 Å². The average Bonchev–Trinajstić information content (AvgIpc) is 2.15. The maximum absolute atomic E-state index is 8.65. The van der Waals surface area contributed by atoms with Crippen LogP contribution in [0.4, 0.5) is 0 Å². The zero-order chi connectivity index (χ0) is 8.81. The van der Waals surface area contributed by atoms with Gasteiger partial charge in [-0.25, -0.2) is 0 Å². The first-order chi connectivity index (χ1) is 5.88. The van der Waals surface area contributed by atoms with Crippen LogP contribution in [-0.2, 0) is 0 Å². The molecule has 0 unspecified atom stereocenters. The lowest BCUT2D eigenvalue weighted by atomic mass is 10.1. The molecule has 0 radical (unpaired) electrons. The molecular formula is C10H6N2. The van der Waals surface area contributed by atoms with Crippen LogP contribution in [0.3, 0.4) is 0 Å². The zero-order valence-corrected chi connectivity index (χ0v) is 6.36. The molecule has 0 N–H and O–H groups in total. The Morgan fingerprint density at radius 1 is 1.17 bits per heavy atom. The molecule has 1 rings (SSSR count). The van der Waals surface area contributed by atoms with Gasteiger partial charge in [-0.1, -0.05) is 18.2 Å². The summed E-state index contributed by atoms with van der Waals surface area (Å²) in [5.74, 6) is 0. The topological polar surface area (TPSA) is 47.6 Å². The molecule has 0 aliphatic rings. The molecule has 56 valence electrons. The molecule has 0 aliphatic heterocycles. The van der Waals surface area contributed by atoms with Gasteiger partial charge >= 0.3 is 0 Å². The van der Waals surface area contributed by atoms with E-state index in [0.717, 1.165) is 5.56 Å². The van der Waals surface area contributed by atoms with Gasteiger partial charge in [0.1, 0.15) is 0 Å². The molecule has 1 aromatic carbocycles. The second-order valence-electron chi connectivity index (χ2n) is 2.16. The molecule has 0 amide bonds. The number of benzene rings is 1. The van der Waals surface area contributed by atoms with Gasteiger partial charge in [0.25, 0.3) is 0 Å². The van der Waals surface area contributed by atoms with E-state index in [2.05, 4.69) is 0 Å². The first kappa shape index (κ1) is 8.04. The summed E-state index contributed by atoms with van der Waals surface area (Å²) < 4.78 is 0. The summed E-state index contributed by atoms with van der Waals surface area (Å²) in [5, 5.41) is 16.9. The maximum atomic E-state index is 8.65. The maximum Gasteiger partial charge on any atom is 0.0997 e. The molecule has 0 spiro atoms. The van der Waals surface area contributed by atoms with Crippen molar-refractivity contribution in [2.45, 2.75) is 0 Å². The van der Waals surface area contributed by atoms with Gasteiger partial charge in [-0.05, 0) is 17.7 Å². The standard InChI is InChI=1S/C10H6N2/c11-7-3-6-9-4-1-2-5-10(9)8-12/h1-6H. The fourth-order valence-electron chi connectivity index (χ4n) is 0.871. The van der Waals surface area contributed by atoms with Crippen molar-refractivity contribution >= 4 is 6.08 Å². The molecule has 2 heteroatoms. The van der Waals surface area contributed by atoms with Crippen molar-refractivity contribution < 1.29 is 0 Å². The Morgan fingerprint density at radius 3 is 2.58 bits per heavy atom. The predicted molar refractivity (Wildman–Crippen MR) is 45.8 cm³/mol. The fourth-order valence-corrected chi connectivity index (χ4v) is 0.871. The highest BCUT2D eigenvalue weighted by Gasteiger charge is 1.93. The van der Waals surface area contributed by atoms with Crippen molar-refractivity contribution in [3.63, 3.8) is 0 Å². The lowest BCUT2D eigenvalue weighted by Gasteiger charge is -1.93. The SMILES string of the molecule is N#CC=Cc1ccccc1C#N. The molecule has 0 aromatic heterocycles. The van der Waals surface area contributed by atoms with E-state index in [0.29, 0.717) is 5.56 Å². The minimum absolute atomic E-state index is 0.587. The Bertz CT molecular complexity index is 378. The monoisotopic (exact) mass is 154 g/mol. The lowest BCUT2D eigenvalue weighted by molar-refractivity contribution is 1.47. The second kappa shape index (κ2) is 3.95. The molecule has 0 saturated heterocycles. The normalized spacial score (nSPS) is 9.17. The summed E-state index contributed by atoms with van der Waals surface area (Å²) in [6, 6.07) is 11.1. The minimum atomic E-state index is 0.587. The first-order valence-electron chi connectivity index (χ1n) is 3.44. The third-order valence-electron chi connectivity index (χ3n) is 1.42.